The second-order valence-corrected chi connectivity index (χ2v) is 5.75. The van der Waals surface area contributed by atoms with Crippen molar-refractivity contribution in [1.29, 1.82) is 0 Å². The number of benzene rings is 1. The second kappa shape index (κ2) is 6.22. The van der Waals surface area contributed by atoms with E-state index < -0.39 is 0 Å². The van der Waals surface area contributed by atoms with Crippen molar-refractivity contribution in [2.24, 2.45) is 0 Å². The first-order valence-electron chi connectivity index (χ1n) is 7.68. The number of imidazole rings is 1. The van der Waals surface area contributed by atoms with Crippen molar-refractivity contribution in [3.8, 4) is 5.75 Å². The van der Waals surface area contributed by atoms with Crippen LogP contribution in [0.5, 0.6) is 5.75 Å². The number of carbonyl (C=O) groups excluding carboxylic acids is 1. The molecule has 22 heavy (non-hydrogen) atoms. The van der Waals surface area contributed by atoms with E-state index in [0.29, 0.717) is 5.75 Å². The number of aryl methyl sites for hydroxylation is 3. The Morgan fingerprint density at radius 3 is 3.00 bits per heavy atom. The molecule has 1 N–H and O–H groups in total. The minimum atomic E-state index is -0.161. The number of rotatable bonds is 4. The zero-order chi connectivity index (χ0) is 15.5. The van der Waals surface area contributed by atoms with Gasteiger partial charge in [-0.3, -0.25) is 4.79 Å². The molecule has 1 aliphatic heterocycles. The first kappa shape index (κ1) is 14.6. The van der Waals surface area contributed by atoms with Crippen LogP contribution in [-0.4, -0.2) is 22.1 Å². The van der Waals surface area contributed by atoms with Gasteiger partial charge in [0.15, 0.2) is 6.61 Å². The fourth-order valence-electron chi connectivity index (χ4n) is 2.65. The third-order valence-electron chi connectivity index (χ3n) is 4.09. The number of nitrogens with zero attached hydrogens (tertiary/aromatic N) is 2. The van der Waals surface area contributed by atoms with Gasteiger partial charge in [-0.1, -0.05) is 6.07 Å². The molecule has 0 bridgehead atoms. The summed E-state index contributed by atoms with van der Waals surface area (Å²) in [5.74, 6) is 2.38. The van der Waals surface area contributed by atoms with Crippen LogP contribution in [0.4, 0.5) is 5.82 Å². The van der Waals surface area contributed by atoms with E-state index in [2.05, 4.69) is 21.8 Å². The van der Waals surface area contributed by atoms with Gasteiger partial charge in [-0.2, -0.15) is 0 Å². The largest absolute Gasteiger partial charge is 0.484 e. The number of anilines is 1. The molecule has 0 radical (unpaired) electrons. The van der Waals surface area contributed by atoms with Gasteiger partial charge in [0, 0.05) is 13.0 Å². The number of amides is 1. The third kappa shape index (κ3) is 3.13. The molecule has 0 unspecified atom stereocenters. The molecule has 1 amide bonds. The molecule has 2 heterocycles. The Hall–Kier alpha value is -2.30. The lowest BCUT2D eigenvalue weighted by Gasteiger charge is -2.16. The lowest BCUT2D eigenvalue weighted by molar-refractivity contribution is -0.118. The molecular weight excluding hydrogens is 278 g/mol. The fourth-order valence-corrected chi connectivity index (χ4v) is 2.65. The average Bonchev–Trinajstić information content (AvgIpc) is 2.92. The molecule has 0 aliphatic carbocycles. The van der Waals surface area contributed by atoms with Gasteiger partial charge in [0.2, 0.25) is 0 Å². The molecular formula is C17H21N3O2. The summed E-state index contributed by atoms with van der Waals surface area (Å²) in [6, 6.07) is 5.83. The highest BCUT2D eigenvalue weighted by molar-refractivity contribution is 5.91. The third-order valence-corrected chi connectivity index (χ3v) is 4.09. The highest BCUT2D eigenvalue weighted by Crippen LogP contribution is 2.20. The molecule has 5 nitrogen and oxygen atoms in total. The van der Waals surface area contributed by atoms with Crippen molar-refractivity contribution in [3.05, 3.63) is 41.3 Å². The van der Waals surface area contributed by atoms with Crippen LogP contribution < -0.4 is 10.1 Å². The van der Waals surface area contributed by atoms with E-state index >= 15 is 0 Å². The summed E-state index contributed by atoms with van der Waals surface area (Å²) < 4.78 is 7.64. The van der Waals surface area contributed by atoms with Gasteiger partial charge < -0.3 is 14.6 Å². The normalized spacial score (nSPS) is 13.5. The Labute approximate surface area is 130 Å². The van der Waals surface area contributed by atoms with E-state index in [4.69, 9.17) is 4.74 Å². The zero-order valence-electron chi connectivity index (χ0n) is 13.1. The van der Waals surface area contributed by atoms with E-state index in [1.807, 2.05) is 25.1 Å². The Morgan fingerprint density at radius 1 is 1.32 bits per heavy atom. The van der Waals surface area contributed by atoms with Crippen LogP contribution in [0.1, 0.15) is 29.8 Å². The second-order valence-electron chi connectivity index (χ2n) is 5.75. The highest BCUT2D eigenvalue weighted by atomic mass is 16.5. The SMILES string of the molecule is Cc1ccc(OCC(=O)Nc2cnc3n2CCCC3)cc1C. The van der Waals surface area contributed by atoms with Gasteiger partial charge in [0.05, 0.1) is 6.20 Å². The molecule has 2 aromatic rings. The van der Waals surface area contributed by atoms with E-state index in [1.54, 1.807) is 6.20 Å². The maximum absolute atomic E-state index is 12.0. The van der Waals surface area contributed by atoms with Gasteiger partial charge in [-0.15, -0.1) is 0 Å². The van der Waals surface area contributed by atoms with Gasteiger partial charge in [-0.05, 0) is 49.9 Å². The summed E-state index contributed by atoms with van der Waals surface area (Å²) in [5, 5.41) is 2.88. The quantitative estimate of drug-likeness (QED) is 0.944. The molecule has 3 rings (SSSR count). The van der Waals surface area contributed by atoms with Gasteiger partial charge in [0.1, 0.15) is 17.4 Å². The summed E-state index contributed by atoms with van der Waals surface area (Å²) in [5.41, 5.74) is 2.37. The Balaban J connectivity index is 1.58. The Kier molecular flexibility index (Phi) is 4.13. The Bertz CT molecular complexity index is 691. The van der Waals surface area contributed by atoms with Crippen LogP contribution in [-0.2, 0) is 17.8 Å². The molecule has 1 aromatic carbocycles. The minimum absolute atomic E-state index is 0.00299. The van der Waals surface area contributed by atoms with E-state index in [9.17, 15) is 4.79 Å². The van der Waals surface area contributed by atoms with Gasteiger partial charge >= 0.3 is 0 Å². The zero-order valence-corrected chi connectivity index (χ0v) is 13.1. The molecule has 5 heteroatoms. The molecule has 0 fully saturated rings. The van der Waals surface area contributed by atoms with Crippen molar-refractivity contribution in [2.75, 3.05) is 11.9 Å². The molecule has 0 spiro atoms. The summed E-state index contributed by atoms with van der Waals surface area (Å²) in [6.07, 6.45) is 5.01. The predicted octanol–water partition coefficient (Wildman–Crippen LogP) is 2.85. The van der Waals surface area contributed by atoms with Crippen molar-refractivity contribution >= 4 is 11.7 Å². The highest BCUT2D eigenvalue weighted by Gasteiger charge is 2.15. The number of nitrogens with one attached hydrogen (secondary N) is 1. The summed E-state index contributed by atoms with van der Waals surface area (Å²) in [7, 11) is 0. The van der Waals surface area contributed by atoms with Crippen molar-refractivity contribution in [1.82, 2.24) is 9.55 Å². The van der Waals surface area contributed by atoms with Crippen molar-refractivity contribution in [3.63, 3.8) is 0 Å². The van der Waals surface area contributed by atoms with Crippen LogP contribution in [0, 0.1) is 13.8 Å². The number of hydrogen-bond acceptors (Lipinski definition) is 3. The fraction of sp³-hybridized carbons (Fsp3) is 0.412. The summed E-state index contributed by atoms with van der Waals surface area (Å²) in [4.78, 5) is 16.4. The average molecular weight is 299 g/mol. The monoisotopic (exact) mass is 299 g/mol. The maximum atomic E-state index is 12.0. The number of aromatic nitrogens is 2. The summed E-state index contributed by atoms with van der Waals surface area (Å²) in [6.45, 7) is 5.00. The number of ether oxygens (including phenoxy) is 1. The smallest absolute Gasteiger partial charge is 0.263 e. The molecule has 0 atom stereocenters. The first-order valence-corrected chi connectivity index (χ1v) is 7.68. The van der Waals surface area contributed by atoms with E-state index in [-0.39, 0.29) is 12.5 Å². The van der Waals surface area contributed by atoms with Gasteiger partial charge in [-0.25, -0.2) is 4.98 Å². The summed E-state index contributed by atoms with van der Waals surface area (Å²) >= 11 is 0. The maximum Gasteiger partial charge on any atom is 0.263 e. The standard InChI is InChI=1S/C17H21N3O2/c1-12-6-7-14(9-13(12)2)22-11-17(21)19-16-10-18-15-5-3-4-8-20(15)16/h6-7,9-10H,3-5,8,11H2,1-2H3,(H,19,21). The topological polar surface area (TPSA) is 56.1 Å². The van der Waals surface area contributed by atoms with E-state index in [0.717, 1.165) is 36.6 Å². The van der Waals surface area contributed by atoms with Gasteiger partial charge in [0.25, 0.3) is 5.91 Å². The van der Waals surface area contributed by atoms with Crippen molar-refractivity contribution in [2.45, 2.75) is 39.7 Å². The Morgan fingerprint density at radius 2 is 2.18 bits per heavy atom. The van der Waals surface area contributed by atoms with Crippen LogP contribution in [0.15, 0.2) is 24.4 Å². The van der Waals surface area contributed by atoms with Crippen LogP contribution in [0.25, 0.3) is 0 Å². The molecule has 116 valence electrons. The van der Waals surface area contributed by atoms with Crippen LogP contribution >= 0.6 is 0 Å². The minimum Gasteiger partial charge on any atom is -0.484 e. The molecule has 0 saturated carbocycles. The predicted molar refractivity (Wildman–Crippen MR) is 85.2 cm³/mol. The molecule has 1 aliphatic rings. The van der Waals surface area contributed by atoms with Crippen LogP contribution in [0.3, 0.4) is 0 Å². The van der Waals surface area contributed by atoms with Crippen LogP contribution in [0.2, 0.25) is 0 Å². The molecule has 0 saturated heterocycles. The number of hydrogen-bond donors (Lipinski definition) is 1. The first-order chi connectivity index (χ1) is 10.6. The van der Waals surface area contributed by atoms with Crippen molar-refractivity contribution < 1.29 is 9.53 Å². The van der Waals surface area contributed by atoms with E-state index in [1.165, 1.54) is 12.0 Å². The lowest BCUT2D eigenvalue weighted by atomic mass is 10.1. The number of fused-ring (bicyclic) bond motifs is 1. The molecule has 1 aromatic heterocycles. The number of carbonyl (C=O) groups is 1. The lowest BCUT2D eigenvalue weighted by Crippen LogP contribution is -2.23.